The van der Waals surface area contributed by atoms with Crippen LogP contribution in [0.2, 0.25) is 5.02 Å². The number of hydrogen-bond acceptors (Lipinski definition) is 2. The van der Waals surface area contributed by atoms with E-state index in [-0.39, 0.29) is 6.04 Å². The maximum Gasteiger partial charge on any atom is 0.0462 e. The smallest absolute Gasteiger partial charge is 0.0462 e. The highest BCUT2D eigenvalue weighted by Gasteiger charge is 2.26. The number of aryl methyl sites for hydroxylation is 1. The molecule has 15 heavy (non-hydrogen) atoms. The van der Waals surface area contributed by atoms with Gasteiger partial charge in [-0.05, 0) is 37.5 Å². The monoisotopic (exact) mass is 224 g/mol. The number of nitrogens with two attached hydrogens (primary N) is 1. The normalized spacial score (nSPS) is 20.9. The van der Waals surface area contributed by atoms with Gasteiger partial charge in [0.2, 0.25) is 0 Å². The Kier molecular flexibility index (Phi) is 2.89. The van der Waals surface area contributed by atoms with Crippen LogP contribution in [0.15, 0.2) is 12.1 Å². The molecule has 0 aromatic heterocycles. The summed E-state index contributed by atoms with van der Waals surface area (Å²) in [6.07, 6.45) is 0.989. The molecule has 0 saturated heterocycles. The van der Waals surface area contributed by atoms with E-state index in [4.69, 9.17) is 17.3 Å². The zero-order chi connectivity index (χ0) is 11.0. The molecule has 3 heteroatoms. The van der Waals surface area contributed by atoms with Gasteiger partial charge in [-0.25, -0.2) is 0 Å². The summed E-state index contributed by atoms with van der Waals surface area (Å²) >= 11 is 6.24. The van der Waals surface area contributed by atoms with Gasteiger partial charge in [-0.2, -0.15) is 0 Å². The summed E-state index contributed by atoms with van der Waals surface area (Å²) in [6.45, 7) is 5.11. The lowest BCUT2D eigenvalue weighted by molar-refractivity contribution is 0.584. The number of hydrogen-bond donors (Lipinski definition) is 2. The molecule has 1 aliphatic heterocycles. The Hall–Kier alpha value is -0.730. The Morgan fingerprint density at radius 3 is 3.00 bits per heavy atom. The second-order valence-electron chi connectivity index (χ2n) is 4.44. The summed E-state index contributed by atoms with van der Waals surface area (Å²) < 4.78 is 0. The topological polar surface area (TPSA) is 38.0 Å². The molecular weight excluding hydrogens is 208 g/mol. The number of fused-ring (bicyclic) bond motifs is 1. The van der Waals surface area contributed by atoms with Gasteiger partial charge in [0, 0.05) is 29.2 Å². The first-order chi connectivity index (χ1) is 7.09. The number of rotatable bonds is 2. The summed E-state index contributed by atoms with van der Waals surface area (Å²) in [4.78, 5) is 0. The Bertz CT molecular complexity index is 374. The van der Waals surface area contributed by atoms with Crippen LogP contribution < -0.4 is 11.1 Å². The molecule has 0 fully saturated rings. The summed E-state index contributed by atoms with van der Waals surface area (Å²) in [5, 5.41) is 4.29. The molecule has 3 N–H and O–H groups in total. The minimum absolute atomic E-state index is 0.222. The molecule has 0 saturated carbocycles. The lowest BCUT2D eigenvalue weighted by Gasteiger charge is -2.14. The molecule has 0 spiro atoms. The van der Waals surface area contributed by atoms with E-state index in [1.54, 1.807) is 0 Å². The molecule has 1 aromatic rings. The summed E-state index contributed by atoms with van der Waals surface area (Å²) in [5.74, 6) is 0.465. The largest absolute Gasteiger partial charge is 0.384 e. The van der Waals surface area contributed by atoms with Crippen LogP contribution in [0.3, 0.4) is 0 Å². The highest BCUT2D eigenvalue weighted by atomic mass is 35.5. The van der Waals surface area contributed by atoms with Gasteiger partial charge in [0.25, 0.3) is 0 Å². The average Bonchev–Trinajstić information content (AvgIpc) is 2.56. The average molecular weight is 225 g/mol. The van der Waals surface area contributed by atoms with Gasteiger partial charge in [-0.1, -0.05) is 17.7 Å². The predicted octanol–water partition coefficient (Wildman–Crippen LogP) is 2.89. The van der Waals surface area contributed by atoms with Crippen molar-refractivity contribution in [1.82, 2.24) is 0 Å². The number of benzene rings is 1. The van der Waals surface area contributed by atoms with Crippen molar-refractivity contribution in [2.24, 2.45) is 5.73 Å². The van der Waals surface area contributed by atoms with Crippen LogP contribution >= 0.6 is 11.6 Å². The van der Waals surface area contributed by atoms with Crippen molar-refractivity contribution in [1.29, 1.82) is 0 Å². The molecule has 1 aromatic carbocycles. The maximum absolute atomic E-state index is 6.24. The van der Waals surface area contributed by atoms with Crippen molar-refractivity contribution < 1.29 is 0 Å². The van der Waals surface area contributed by atoms with E-state index >= 15 is 0 Å². The molecule has 1 heterocycles. The van der Waals surface area contributed by atoms with Crippen molar-refractivity contribution in [2.75, 3.05) is 11.9 Å². The Morgan fingerprint density at radius 1 is 1.60 bits per heavy atom. The SMILES string of the molecule is Cc1ccc(Cl)c2c1NCC2CC(C)N. The maximum atomic E-state index is 6.24. The van der Waals surface area contributed by atoms with Gasteiger partial charge < -0.3 is 11.1 Å². The lowest BCUT2D eigenvalue weighted by atomic mass is 9.93. The van der Waals surface area contributed by atoms with Gasteiger partial charge in [0.1, 0.15) is 0 Å². The highest BCUT2D eigenvalue weighted by Crippen LogP contribution is 2.40. The molecule has 2 nitrogen and oxygen atoms in total. The van der Waals surface area contributed by atoms with Crippen molar-refractivity contribution in [3.63, 3.8) is 0 Å². The molecule has 1 aliphatic rings. The van der Waals surface area contributed by atoms with Gasteiger partial charge in [-0.15, -0.1) is 0 Å². The Morgan fingerprint density at radius 2 is 2.33 bits per heavy atom. The molecule has 2 rings (SSSR count). The zero-order valence-corrected chi connectivity index (χ0v) is 9.93. The summed E-state index contributed by atoms with van der Waals surface area (Å²) in [6, 6.07) is 4.26. The van der Waals surface area contributed by atoms with Crippen LogP contribution in [0, 0.1) is 6.92 Å². The zero-order valence-electron chi connectivity index (χ0n) is 9.18. The van der Waals surface area contributed by atoms with Crippen molar-refractivity contribution >= 4 is 17.3 Å². The molecular formula is C12H17ClN2. The number of anilines is 1. The second kappa shape index (κ2) is 4.03. The Labute approximate surface area is 95.8 Å². The van der Waals surface area contributed by atoms with Gasteiger partial charge in [0.05, 0.1) is 0 Å². The first kappa shape index (κ1) is 10.8. The second-order valence-corrected chi connectivity index (χ2v) is 4.85. The molecule has 2 atom stereocenters. The third kappa shape index (κ3) is 1.97. The molecule has 0 radical (unpaired) electrons. The van der Waals surface area contributed by atoms with Crippen molar-refractivity contribution in [2.45, 2.75) is 32.2 Å². The standard InChI is InChI=1S/C12H17ClN2/c1-7-3-4-10(13)11-9(5-8(2)14)6-15-12(7)11/h3-4,8-9,15H,5-6,14H2,1-2H3. The Balaban J connectivity index is 2.37. The van der Waals surface area contributed by atoms with E-state index in [2.05, 4.69) is 18.3 Å². The fourth-order valence-electron chi connectivity index (χ4n) is 2.31. The summed E-state index contributed by atoms with van der Waals surface area (Å²) in [5.41, 5.74) is 9.59. The lowest BCUT2D eigenvalue weighted by Crippen LogP contribution is -2.19. The van der Waals surface area contributed by atoms with Crippen LogP contribution in [-0.4, -0.2) is 12.6 Å². The third-order valence-corrected chi connectivity index (χ3v) is 3.32. The van der Waals surface area contributed by atoms with E-state index in [9.17, 15) is 0 Å². The fourth-order valence-corrected chi connectivity index (χ4v) is 2.63. The molecule has 0 bridgehead atoms. The molecule has 0 aliphatic carbocycles. The van der Waals surface area contributed by atoms with Crippen LogP contribution in [0.25, 0.3) is 0 Å². The van der Waals surface area contributed by atoms with Crippen molar-refractivity contribution in [3.8, 4) is 0 Å². The van der Waals surface area contributed by atoms with E-state index in [1.165, 1.54) is 16.8 Å². The first-order valence-corrected chi connectivity index (χ1v) is 5.76. The summed E-state index contributed by atoms with van der Waals surface area (Å²) in [7, 11) is 0. The number of nitrogens with one attached hydrogen (secondary N) is 1. The molecule has 0 amide bonds. The third-order valence-electron chi connectivity index (χ3n) is 2.99. The number of halogens is 1. The minimum Gasteiger partial charge on any atom is -0.384 e. The van der Waals surface area contributed by atoms with E-state index in [0.29, 0.717) is 5.92 Å². The van der Waals surface area contributed by atoms with Gasteiger partial charge in [-0.3, -0.25) is 0 Å². The first-order valence-electron chi connectivity index (χ1n) is 5.38. The van der Waals surface area contributed by atoms with Crippen LogP contribution in [-0.2, 0) is 0 Å². The van der Waals surface area contributed by atoms with Gasteiger partial charge >= 0.3 is 0 Å². The van der Waals surface area contributed by atoms with E-state index in [0.717, 1.165) is 18.0 Å². The molecule has 2 unspecified atom stereocenters. The molecule has 82 valence electrons. The predicted molar refractivity (Wildman–Crippen MR) is 65.7 cm³/mol. The van der Waals surface area contributed by atoms with Crippen molar-refractivity contribution in [3.05, 3.63) is 28.3 Å². The van der Waals surface area contributed by atoms with Crippen LogP contribution in [0.1, 0.15) is 30.4 Å². The quantitative estimate of drug-likeness (QED) is 0.811. The van der Waals surface area contributed by atoms with Crippen LogP contribution in [0.4, 0.5) is 5.69 Å². The highest BCUT2D eigenvalue weighted by molar-refractivity contribution is 6.32. The van der Waals surface area contributed by atoms with E-state index < -0.39 is 0 Å². The fraction of sp³-hybridized carbons (Fsp3) is 0.500. The van der Waals surface area contributed by atoms with Gasteiger partial charge in [0.15, 0.2) is 0 Å². The van der Waals surface area contributed by atoms with E-state index in [1.807, 2.05) is 13.0 Å². The van der Waals surface area contributed by atoms with Crippen LogP contribution in [0.5, 0.6) is 0 Å². The minimum atomic E-state index is 0.222.